The molecule has 3 fully saturated rings. The largest absolute Gasteiger partial charge is 0.490 e. The van der Waals surface area contributed by atoms with E-state index in [1.807, 2.05) is 0 Å². The predicted octanol–water partition coefficient (Wildman–Crippen LogP) is -4.32. The van der Waals surface area contributed by atoms with E-state index in [0.29, 0.717) is 0 Å². The molecule has 0 spiro atoms. The van der Waals surface area contributed by atoms with Gasteiger partial charge in [0.25, 0.3) is 16.7 Å². The molecule has 16 N–H and O–H groups in total. The first-order valence-electron chi connectivity index (χ1n) is 21.6. The van der Waals surface area contributed by atoms with E-state index in [9.17, 15) is 67.8 Å². The van der Waals surface area contributed by atoms with Crippen LogP contribution < -0.4 is 32.9 Å². The first-order valence-corrected chi connectivity index (χ1v) is 27.6. The fourth-order valence-corrected chi connectivity index (χ4v) is 13.2. The Hall–Kier alpha value is -5.15. The van der Waals surface area contributed by atoms with Gasteiger partial charge in [0, 0.05) is 7.11 Å². The van der Waals surface area contributed by atoms with Crippen LogP contribution in [-0.4, -0.2) is 175 Å². The quantitative estimate of drug-likeness (QED) is 0.0269. The van der Waals surface area contributed by atoms with E-state index in [1.54, 1.807) is 0 Å². The van der Waals surface area contributed by atoms with Crippen LogP contribution in [-0.2, 0) is 71.0 Å². The summed E-state index contributed by atoms with van der Waals surface area (Å²) in [6.45, 7) is -1.16. The van der Waals surface area contributed by atoms with Gasteiger partial charge in [0.05, 0.1) is 39.0 Å². The number of H-pyrrole nitrogens is 2. The van der Waals surface area contributed by atoms with Crippen LogP contribution in [0.5, 0.6) is 0 Å². The van der Waals surface area contributed by atoms with Crippen LogP contribution in [0, 0.1) is 0 Å². The summed E-state index contributed by atoms with van der Waals surface area (Å²) in [6, 6.07) is 0. The summed E-state index contributed by atoms with van der Waals surface area (Å²) in [5.74, 6) is -0.719. The number of nitrogens with one attached hydrogen (secondary N) is 2. The fraction of sp³-hybridized carbons (Fsp3) is 0.545. The summed E-state index contributed by atoms with van der Waals surface area (Å²) in [4.78, 5) is 96.1. The molecule has 0 saturated carbocycles. The van der Waals surface area contributed by atoms with Crippen LogP contribution in [0.15, 0.2) is 34.9 Å². The van der Waals surface area contributed by atoms with Crippen molar-refractivity contribution in [1.82, 2.24) is 53.6 Å². The van der Waals surface area contributed by atoms with Crippen molar-refractivity contribution in [2.45, 2.75) is 86.6 Å². The second-order valence-corrected chi connectivity index (χ2v) is 22.9. The Morgan fingerprint density at radius 1 is 0.684 bits per heavy atom. The lowest BCUT2D eigenvalue weighted by Gasteiger charge is -2.29. The van der Waals surface area contributed by atoms with Gasteiger partial charge in [-0.05, 0) is 6.92 Å². The summed E-state index contributed by atoms with van der Waals surface area (Å²) in [5, 5.41) is 43.3. The van der Waals surface area contributed by atoms with E-state index < -0.39 is 135 Å². The number of imidazole rings is 3. The molecule has 0 bridgehead atoms. The topological polar surface area (TPSA) is 562 Å². The van der Waals surface area contributed by atoms with Crippen LogP contribution in [0.3, 0.4) is 0 Å². The molecule has 9 heterocycles. The SMILES string of the molecule is CO[C@@H]1[C@H](OP(=O)(O)OC[C@H]2O[C@@H](n3cnc4c(=O)[nH]c(N)nc43)[C@H](O)[C@@H]2O)C([C@@H](C)OP(=O)(O)OP(=O)(O)OP(=O)(O)OC[C@H]2O[C@@H](n3c[n+](C)c4c(=O)[nH]c(N)nc43)[C@H](O)[C@@H]2O)O[C@H]1n1cnc2c(N)ncnc21. The maximum Gasteiger partial charge on any atom is 0.490 e. The van der Waals surface area contributed by atoms with Crippen LogP contribution in [0.1, 0.15) is 25.6 Å². The Kier molecular flexibility index (Phi) is 15.1. The summed E-state index contributed by atoms with van der Waals surface area (Å²) in [7, 11) is -21.1. The molecule has 3 saturated heterocycles. The maximum atomic E-state index is 13.8. The number of aromatic amines is 2. The highest BCUT2D eigenvalue weighted by atomic mass is 31.3. The Balaban J connectivity index is 0.877. The molecular weight excluding hydrogens is 1110 g/mol. The standard InChI is InChI=1S/C33H45N15O24P4/c1-10(69-75(59,60)72-76(61,62)71-74(57,58)65-5-12-17(50)19(52)30(67-12)48-9-45(2)15-26(48)42-33(36)44-28(15)54)20-21(22(63-3)31(68-20)46-7-39-13-23(34)37-6-38-24(13)46)70-73(55,56)64-4-11-16(49)18(51)29(66-11)47-8-40-14-25(47)41-32(35)43-27(14)53/h6-12,16-22,29-31,49-52H,4-5H2,1-3H3,(H11-,34,35,36,37,38,41,42,43,44,53,54,55,56,57,58,59,60,61,62)/p+1/t10-,11-,12-,16-,17-,18-,19-,20?,21-,22-,29-,30-,31-/m1/s1. The molecule has 0 aromatic carbocycles. The second kappa shape index (κ2) is 20.6. The molecule has 3 aliphatic rings. The van der Waals surface area contributed by atoms with Gasteiger partial charge in [0.1, 0.15) is 66.8 Å². The van der Waals surface area contributed by atoms with Crippen LogP contribution >= 0.6 is 31.3 Å². The first kappa shape index (κ1) is 55.6. The van der Waals surface area contributed by atoms with Gasteiger partial charge in [-0.25, -0.2) is 42.8 Å². The van der Waals surface area contributed by atoms with Crippen molar-refractivity contribution in [2.24, 2.45) is 7.05 Å². The molecule has 0 amide bonds. The van der Waals surface area contributed by atoms with Crippen molar-refractivity contribution in [3.05, 3.63) is 46.0 Å². The molecule has 416 valence electrons. The number of aliphatic hydroxyl groups excluding tert-OH is 4. The smallest absolute Gasteiger partial charge is 0.387 e. The number of aliphatic hydroxyl groups is 4. The van der Waals surface area contributed by atoms with E-state index in [0.717, 1.165) is 42.1 Å². The van der Waals surface area contributed by atoms with Crippen molar-refractivity contribution in [3.63, 3.8) is 0 Å². The minimum atomic E-state index is -6.23. The maximum absolute atomic E-state index is 13.8. The lowest BCUT2D eigenvalue weighted by Crippen LogP contribution is -2.41. The zero-order valence-corrected chi connectivity index (χ0v) is 42.4. The summed E-state index contributed by atoms with van der Waals surface area (Å²) < 4.78 is 110. The number of methoxy groups -OCH3 is 1. The van der Waals surface area contributed by atoms with Gasteiger partial charge in [0.15, 0.2) is 35.1 Å². The Morgan fingerprint density at radius 2 is 1.24 bits per heavy atom. The minimum absolute atomic E-state index is 0.00388. The average molecular weight is 1160 g/mol. The molecule has 76 heavy (non-hydrogen) atoms. The molecule has 9 rings (SSSR count). The van der Waals surface area contributed by atoms with E-state index >= 15 is 0 Å². The lowest BCUT2D eigenvalue weighted by molar-refractivity contribution is -0.646. The number of nitrogens with two attached hydrogens (primary N) is 3. The Bertz CT molecular complexity index is 3510. The number of nitrogen functional groups attached to an aromatic ring is 3. The number of hydrogen-bond donors (Lipinski definition) is 13. The number of hydrogen-bond acceptors (Lipinski definition) is 29. The molecular formula is C33H46N15O24P4+. The number of nitrogens with zero attached hydrogens (tertiary/aromatic N) is 10. The van der Waals surface area contributed by atoms with Gasteiger partial charge in [-0.1, -0.05) is 0 Å². The fourth-order valence-electron chi connectivity index (χ4n) is 8.58. The number of ether oxygens (including phenoxy) is 4. The zero-order valence-electron chi connectivity index (χ0n) is 38.8. The molecule has 6 aromatic rings. The molecule has 39 nitrogen and oxygen atoms in total. The van der Waals surface area contributed by atoms with Crippen molar-refractivity contribution >= 4 is 82.5 Å². The summed E-state index contributed by atoms with van der Waals surface area (Å²) in [6.07, 6.45) is -17.9. The van der Waals surface area contributed by atoms with Crippen LogP contribution in [0.2, 0.25) is 0 Å². The Morgan fingerprint density at radius 3 is 1.87 bits per heavy atom. The van der Waals surface area contributed by atoms with E-state index in [2.05, 4.69) is 48.5 Å². The molecule has 0 aliphatic carbocycles. The number of fused-ring (bicyclic) bond motifs is 3. The number of rotatable bonds is 19. The van der Waals surface area contributed by atoms with E-state index in [-0.39, 0.29) is 51.2 Å². The highest BCUT2D eigenvalue weighted by Gasteiger charge is 2.56. The molecule has 5 unspecified atom stereocenters. The number of phosphoric ester groups is 3. The van der Waals surface area contributed by atoms with Crippen molar-refractivity contribution in [3.8, 4) is 0 Å². The monoisotopic (exact) mass is 1160 g/mol. The van der Waals surface area contributed by atoms with Gasteiger partial charge in [-0.3, -0.25) is 46.8 Å². The second-order valence-electron chi connectivity index (χ2n) is 16.9. The van der Waals surface area contributed by atoms with E-state index in [4.69, 9.17) is 54.2 Å². The minimum Gasteiger partial charge on any atom is -0.387 e. The average Bonchev–Trinajstić information content (AvgIpc) is 4.19. The third-order valence-electron chi connectivity index (χ3n) is 11.9. The highest BCUT2D eigenvalue weighted by molar-refractivity contribution is 7.66. The zero-order chi connectivity index (χ0) is 55.1. The van der Waals surface area contributed by atoms with Crippen molar-refractivity contribution in [1.29, 1.82) is 0 Å². The molecule has 43 heteroatoms. The molecule has 6 aromatic heterocycles. The third kappa shape index (κ3) is 10.9. The lowest BCUT2D eigenvalue weighted by atomic mass is 10.1. The van der Waals surface area contributed by atoms with E-state index in [1.165, 1.54) is 22.5 Å². The first-order chi connectivity index (χ1) is 35.6. The van der Waals surface area contributed by atoms with Crippen LogP contribution in [0.25, 0.3) is 33.5 Å². The predicted molar refractivity (Wildman–Crippen MR) is 244 cm³/mol. The number of anilines is 3. The van der Waals surface area contributed by atoms with Gasteiger partial charge >= 0.3 is 36.9 Å². The number of aromatic nitrogens is 12. The molecule has 3 aliphatic heterocycles. The van der Waals surface area contributed by atoms with Gasteiger partial charge < -0.3 is 76.1 Å². The normalized spacial score (nSPS) is 30.7. The van der Waals surface area contributed by atoms with Gasteiger partial charge in [-0.15, -0.1) is 0 Å². The highest BCUT2D eigenvalue weighted by Crippen LogP contribution is 2.68. The number of aryl methyl sites for hydroxylation is 1. The van der Waals surface area contributed by atoms with Gasteiger partial charge in [-0.2, -0.15) is 23.2 Å². The van der Waals surface area contributed by atoms with Gasteiger partial charge in [0.2, 0.25) is 24.5 Å². The number of phosphoric acid groups is 4. The summed E-state index contributed by atoms with van der Waals surface area (Å²) in [5.41, 5.74) is 15.4. The van der Waals surface area contributed by atoms with Crippen molar-refractivity contribution < 1.29 is 108 Å². The summed E-state index contributed by atoms with van der Waals surface area (Å²) >= 11 is 0. The molecule has 0 radical (unpaired) electrons. The third-order valence-corrected chi connectivity index (χ3v) is 17.2. The molecule has 17 atom stereocenters. The van der Waals surface area contributed by atoms with Crippen LogP contribution in [0.4, 0.5) is 17.7 Å². The Labute approximate surface area is 421 Å². The van der Waals surface area contributed by atoms with Crippen molar-refractivity contribution in [2.75, 3.05) is 37.5 Å².